The van der Waals surface area contributed by atoms with Crippen LogP contribution in [0.5, 0.6) is 5.75 Å². The number of benzene rings is 1. The molecular formula is C21H23F3N4O3. The van der Waals surface area contributed by atoms with Gasteiger partial charge in [-0.3, -0.25) is 4.79 Å². The van der Waals surface area contributed by atoms with Crippen LogP contribution in [0.15, 0.2) is 30.6 Å². The van der Waals surface area contributed by atoms with E-state index in [1.54, 1.807) is 4.90 Å². The van der Waals surface area contributed by atoms with Crippen molar-refractivity contribution in [3.05, 3.63) is 47.3 Å². The van der Waals surface area contributed by atoms with Gasteiger partial charge in [-0.1, -0.05) is 6.07 Å². The molecule has 4 rings (SSSR count). The third-order valence-corrected chi connectivity index (χ3v) is 5.12. The number of ether oxygens (including phenoxy) is 2. The van der Waals surface area contributed by atoms with Crippen LogP contribution in [0.1, 0.15) is 53.1 Å². The molecule has 0 atom stereocenters. The lowest BCUT2D eigenvalue weighted by Gasteiger charge is -2.19. The molecule has 0 bridgehead atoms. The Kier molecular flexibility index (Phi) is 6.26. The number of aromatic nitrogens is 2. The molecule has 7 nitrogen and oxygen atoms in total. The molecule has 2 heterocycles. The number of carbonyl (C=O) groups excluding carboxylic acids is 1. The quantitative estimate of drug-likeness (QED) is 0.736. The number of nitrogens with one attached hydrogen (secondary N) is 1. The van der Waals surface area contributed by atoms with E-state index in [2.05, 4.69) is 20.0 Å². The molecule has 166 valence electrons. The number of hydrogen-bond donors (Lipinski definition) is 1. The van der Waals surface area contributed by atoms with Crippen molar-refractivity contribution in [2.75, 3.05) is 25.2 Å². The standard InChI is InChI=1S/C21H23F3N4O3/c22-21(23,24)31-18-8-14(7-16(9-18)15-3-4-15)10-25-20-26-11-17(12-27-20)19(29)28-5-1-2-6-30-13-28/h7-9,11-12,15H,1-6,10,13H2,(H,25,26,27). The van der Waals surface area contributed by atoms with Crippen LogP contribution in [0.25, 0.3) is 0 Å². The maximum atomic E-state index is 12.6. The summed E-state index contributed by atoms with van der Waals surface area (Å²) in [6, 6.07) is 4.66. The van der Waals surface area contributed by atoms with E-state index in [0.717, 1.165) is 31.2 Å². The van der Waals surface area contributed by atoms with Crippen LogP contribution in [-0.2, 0) is 11.3 Å². The summed E-state index contributed by atoms with van der Waals surface area (Å²) in [5.41, 5.74) is 1.82. The van der Waals surface area contributed by atoms with Crippen molar-refractivity contribution >= 4 is 11.9 Å². The number of hydrogen-bond acceptors (Lipinski definition) is 6. The van der Waals surface area contributed by atoms with Gasteiger partial charge in [-0.2, -0.15) is 0 Å². The van der Waals surface area contributed by atoms with Crippen molar-refractivity contribution in [1.29, 1.82) is 0 Å². The molecule has 2 aliphatic rings. The lowest BCUT2D eigenvalue weighted by molar-refractivity contribution is -0.274. The van der Waals surface area contributed by atoms with Gasteiger partial charge in [0.1, 0.15) is 12.5 Å². The maximum Gasteiger partial charge on any atom is 0.573 e. The largest absolute Gasteiger partial charge is 0.573 e. The molecule has 1 N–H and O–H groups in total. The van der Waals surface area contributed by atoms with Crippen molar-refractivity contribution in [3.63, 3.8) is 0 Å². The summed E-state index contributed by atoms with van der Waals surface area (Å²) < 4.78 is 47.4. The minimum atomic E-state index is -4.74. The van der Waals surface area contributed by atoms with Gasteiger partial charge in [0.25, 0.3) is 5.91 Å². The van der Waals surface area contributed by atoms with Gasteiger partial charge < -0.3 is 19.7 Å². The van der Waals surface area contributed by atoms with E-state index >= 15 is 0 Å². The summed E-state index contributed by atoms with van der Waals surface area (Å²) in [6.07, 6.45) is 1.85. The number of rotatable bonds is 6. The van der Waals surface area contributed by atoms with Gasteiger partial charge in [0, 0.05) is 32.1 Å². The van der Waals surface area contributed by atoms with Gasteiger partial charge in [0.05, 0.1) is 5.56 Å². The molecule has 1 saturated heterocycles. The van der Waals surface area contributed by atoms with Gasteiger partial charge >= 0.3 is 6.36 Å². The highest BCUT2D eigenvalue weighted by Crippen LogP contribution is 2.42. The van der Waals surface area contributed by atoms with Gasteiger partial charge in [0.15, 0.2) is 0 Å². The second-order valence-corrected chi connectivity index (χ2v) is 7.69. The van der Waals surface area contributed by atoms with E-state index in [1.807, 2.05) is 6.07 Å². The number of carbonyl (C=O) groups is 1. The minimum Gasteiger partial charge on any atom is -0.406 e. The van der Waals surface area contributed by atoms with Crippen LogP contribution in [-0.4, -0.2) is 47.0 Å². The Bertz CT molecular complexity index is 909. The van der Waals surface area contributed by atoms with Crippen LogP contribution >= 0.6 is 0 Å². The first-order chi connectivity index (χ1) is 14.9. The van der Waals surface area contributed by atoms with Crippen LogP contribution in [0.3, 0.4) is 0 Å². The highest BCUT2D eigenvalue weighted by Gasteiger charge is 2.32. The van der Waals surface area contributed by atoms with Crippen molar-refractivity contribution in [3.8, 4) is 5.75 Å². The van der Waals surface area contributed by atoms with E-state index in [4.69, 9.17) is 4.74 Å². The highest BCUT2D eigenvalue weighted by atomic mass is 19.4. The molecule has 1 aromatic heterocycles. The third kappa shape index (κ3) is 6.06. The first-order valence-corrected chi connectivity index (χ1v) is 10.2. The first-order valence-electron chi connectivity index (χ1n) is 10.2. The Morgan fingerprint density at radius 3 is 2.68 bits per heavy atom. The molecule has 0 unspecified atom stereocenters. The predicted octanol–water partition coefficient (Wildman–Crippen LogP) is 4.07. The number of amides is 1. The fourth-order valence-corrected chi connectivity index (χ4v) is 3.43. The molecule has 1 saturated carbocycles. The molecule has 0 spiro atoms. The predicted molar refractivity (Wildman–Crippen MR) is 106 cm³/mol. The normalized spacial score (nSPS) is 17.2. The number of anilines is 1. The van der Waals surface area contributed by atoms with E-state index in [9.17, 15) is 18.0 Å². The van der Waals surface area contributed by atoms with E-state index < -0.39 is 6.36 Å². The SMILES string of the molecule is O=C(c1cnc(NCc2cc(OC(F)(F)F)cc(C3CC3)c2)nc1)N1CCCCOC1. The number of alkyl halides is 3. The van der Waals surface area contributed by atoms with Crippen molar-refractivity contribution in [1.82, 2.24) is 14.9 Å². The van der Waals surface area contributed by atoms with Gasteiger partial charge in [-0.05, 0) is 54.9 Å². The summed E-state index contributed by atoms with van der Waals surface area (Å²) in [5.74, 6) is 0.133. The smallest absolute Gasteiger partial charge is 0.406 e. The Morgan fingerprint density at radius 2 is 1.97 bits per heavy atom. The minimum absolute atomic E-state index is 0.195. The van der Waals surface area contributed by atoms with Crippen molar-refractivity contribution in [2.45, 2.75) is 44.5 Å². The average Bonchev–Trinajstić information content (AvgIpc) is 3.58. The molecule has 2 fully saturated rings. The molecular weight excluding hydrogens is 413 g/mol. The zero-order valence-corrected chi connectivity index (χ0v) is 16.8. The number of halogens is 3. The summed E-state index contributed by atoms with van der Waals surface area (Å²) in [5, 5.41) is 2.98. The molecule has 31 heavy (non-hydrogen) atoms. The average molecular weight is 436 g/mol. The summed E-state index contributed by atoms with van der Waals surface area (Å²) >= 11 is 0. The zero-order chi connectivity index (χ0) is 21.8. The Morgan fingerprint density at radius 1 is 1.19 bits per heavy atom. The van der Waals surface area contributed by atoms with Gasteiger partial charge in [0.2, 0.25) is 5.95 Å². The first kappa shape index (κ1) is 21.4. The Hall–Kier alpha value is -2.88. The molecule has 1 amide bonds. The molecule has 1 aliphatic heterocycles. The van der Waals surface area contributed by atoms with E-state index in [0.29, 0.717) is 24.3 Å². The third-order valence-electron chi connectivity index (χ3n) is 5.12. The van der Waals surface area contributed by atoms with Crippen LogP contribution in [0.2, 0.25) is 0 Å². The Balaban J connectivity index is 1.40. The monoisotopic (exact) mass is 436 g/mol. The van der Waals surface area contributed by atoms with E-state index in [-0.39, 0.29) is 36.8 Å². The number of nitrogens with zero attached hydrogens (tertiary/aromatic N) is 3. The summed E-state index contributed by atoms with van der Waals surface area (Å²) in [6.45, 7) is 1.74. The summed E-state index contributed by atoms with van der Waals surface area (Å²) in [4.78, 5) is 22.5. The molecule has 1 aromatic carbocycles. The second-order valence-electron chi connectivity index (χ2n) is 7.69. The lowest BCUT2D eigenvalue weighted by atomic mass is 10.1. The highest BCUT2D eigenvalue weighted by molar-refractivity contribution is 5.93. The van der Waals surface area contributed by atoms with E-state index in [1.165, 1.54) is 24.5 Å². The Labute approximate surface area is 177 Å². The van der Waals surface area contributed by atoms with Crippen molar-refractivity contribution in [2.24, 2.45) is 0 Å². The van der Waals surface area contributed by atoms with Crippen molar-refractivity contribution < 1.29 is 27.4 Å². The zero-order valence-electron chi connectivity index (χ0n) is 16.8. The van der Waals surface area contributed by atoms with Crippen LogP contribution in [0, 0.1) is 0 Å². The second kappa shape index (κ2) is 9.09. The lowest BCUT2D eigenvalue weighted by Crippen LogP contribution is -2.32. The molecule has 1 aliphatic carbocycles. The van der Waals surface area contributed by atoms with Gasteiger partial charge in [-0.25, -0.2) is 9.97 Å². The summed E-state index contributed by atoms with van der Waals surface area (Å²) in [7, 11) is 0. The fourth-order valence-electron chi connectivity index (χ4n) is 3.43. The molecule has 10 heteroatoms. The van der Waals surface area contributed by atoms with Crippen LogP contribution in [0.4, 0.5) is 19.1 Å². The fraction of sp³-hybridized carbons (Fsp3) is 0.476. The maximum absolute atomic E-state index is 12.6. The van der Waals surface area contributed by atoms with Crippen LogP contribution < -0.4 is 10.1 Å². The molecule has 2 aromatic rings. The topological polar surface area (TPSA) is 76.6 Å². The molecule has 0 radical (unpaired) electrons. The van der Waals surface area contributed by atoms with Gasteiger partial charge in [-0.15, -0.1) is 13.2 Å².